The first kappa shape index (κ1) is 88.0. The molecule has 3 aliphatic carbocycles. The molecule has 0 radical (unpaired) electrons. The van der Waals surface area contributed by atoms with E-state index in [0.29, 0.717) is 128 Å². The Morgan fingerprint density at radius 1 is 0.418 bits per heavy atom. The molecule has 8 aromatic carbocycles. The van der Waals surface area contributed by atoms with Crippen LogP contribution in [0.1, 0.15) is 178 Å². The number of hydrogen-bond acceptors (Lipinski definition) is 10. The molecule has 5 N–H and O–H groups in total. The average Bonchev–Trinajstić information content (AvgIpc) is 1.62. The van der Waals surface area contributed by atoms with Crippen molar-refractivity contribution in [3.05, 3.63) is 227 Å². The van der Waals surface area contributed by atoms with Crippen molar-refractivity contribution in [3.63, 3.8) is 0 Å². The van der Waals surface area contributed by atoms with Crippen molar-refractivity contribution in [1.82, 2.24) is 47.8 Å². The lowest BCUT2D eigenvalue weighted by Gasteiger charge is -2.29. The summed E-state index contributed by atoms with van der Waals surface area (Å²) in [5, 5.41) is 14.7. The van der Waals surface area contributed by atoms with Gasteiger partial charge in [-0.05, 0) is 231 Å². The quantitative estimate of drug-likeness (QED) is 0.0539. The maximum Gasteiger partial charge on any atom is 0.230 e. The summed E-state index contributed by atoms with van der Waals surface area (Å²) in [6.45, 7) is 54.1. The third-order valence-electron chi connectivity index (χ3n) is 22.4. The number of benzene rings is 8. The van der Waals surface area contributed by atoms with E-state index in [0.717, 1.165) is 28.5 Å². The Morgan fingerprint density at radius 2 is 0.705 bits per heavy atom. The molecule has 3 aliphatic rings. The SMILES string of the molecule is Cc1ccc2nc(NC(=O)CC(C)(C)C)n(C3CCC3)c2c1.Cc1ccc2nc(NC(=O)[C@@H](C)C(C)C)n(C3CCC3)c2c1.[C-]#[N+]c1ccc2nc(NC(=O)C3CC3(C)C)n(-c3ccc(F)cc3)c2c1.[C-]#[N+]c1ccc2nc(NC(=O)CC(C)(C)C)n(-c3ccc(F)cc3)c2c1.[C-]#[N+]c1ccc2nc(NC(=O)[C@@H](C)C(C)C)n(-c3ccc(F)cc3)c2c1. The van der Waals surface area contributed by atoms with Gasteiger partial charge in [-0.3, -0.25) is 64.3 Å². The third kappa shape index (κ3) is 20.9. The Labute approximate surface area is 709 Å². The van der Waals surface area contributed by atoms with Crippen molar-refractivity contribution in [1.29, 1.82) is 0 Å². The molecule has 26 heteroatoms. The number of nitrogens with zero attached hydrogens (tertiary/aromatic N) is 13. The minimum absolute atomic E-state index is 0.00801. The maximum atomic E-state index is 13.3. The van der Waals surface area contributed by atoms with Gasteiger partial charge in [-0.1, -0.05) is 127 Å². The zero-order chi connectivity index (χ0) is 88.0. The summed E-state index contributed by atoms with van der Waals surface area (Å²) < 4.78 is 49.7. The van der Waals surface area contributed by atoms with Gasteiger partial charge in [0.15, 0.2) is 17.1 Å². The Balaban J connectivity index is 0.000000140. The molecule has 3 fully saturated rings. The van der Waals surface area contributed by atoms with Crippen LogP contribution in [0, 0.1) is 96.9 Å². The molecule has 0 spiro atoms. The van der Waals surface area contributed by atoms with E-state index in [4.69, 9.17) is 19.7 Å². The lowest BCUT2D eigenvalue weighted by molar-refractivity contribution is -0.121. The van der Waals surface area contributed by atoms with E-state index in [2.05, 4.69) is 162 Å². The summed E-state index contributed by atoms with van der Waals surface area (Å²) in [6.07, 6.45) is 8.87. The van der Waals surface area contributed by atoms with Gasteiger partial charge >= 0.3 is 0 Å². The molecular formula is C96H105F3N18O5. The van der Waals surface area contributed by atoms with E-state index >= 15 is 0 Å². The van der Waals surface area contributed by atoms with Crippen LogP contribution in [0.2, 0.25) is 0 Å². The predicted octanol–water partition coefficient (Wildman–Crippen LogP) is 23.5. The number of hydrogen-bond donors (Lipinski definition) is 5. The van der Waals surface area contributed by atoms with Gasteiger partial charge in [0.25, 0.3) is 0 Å². The van der Waals surface area contributed by atoms with Gasteiger partial charge in [0, 0.05) is 59.7 Å². The molecule has 16 rings (SSSR count). The highest BCUT2D eigenvalue weighted by Gasteiger charge is 2.51. The van der Waals surface area contributed by atoms with Crippen LogP contribution in [0.25, 0.3) is 86.8 Å². The second-order valence-electron chi connectivity index (χ2n) is 35.7. The Morgan fingerprint density at radius 3 is 1.01 bits per heavy atom. The second-order valence-corrected chi connectivity index (χ2v) is 35.7. The van der Waals surface area contributed by atoms with Crippen LogP contribution in [-0.2, 0) is 24.0 Å². The van der Waals surface area contributed by atoms with Gasteiger partial charge < -0.3 is 9.13 Å². The molecule has 5 heterocycles. The van der Waals surface area contributed by atoms with Gasteiger partial charge in [-0.2, -0.15) is 0 Å². The first-order valence-corrected chi connectivity index (χ1v) is 41.3. The van der Waals surface area contributed by atoms with Gasteiger partial charge in [-0.25, -0.2) is 52.6 Å². The average molecular weight is 1650 g/mol. The Kier molecular flexibility index (Phi) is 26.5. The number of fused-ring (bicyclic) bond motifs is 5. The molecule has 122 heavy (non-hydrogen) atoms. The number of carbonyl (C=O) groups excluding carboxylic acids is 5. The highest BCUT2D eigenvalue weighted by Crippen LogP contribution is 2.52. The first-order valence-electron chi connectivity index (χ1n) is 41.3. The summed E-state index contributed by atoms with van der Waals surface area (Å²) in [5.74, 6) is 1.47. The summed E-state index contributed by atoms with van der Waals surface area (Å²) in [4.78, 5) is 95.4. The van der Waals surface area contributed by atoms with E-state index in [-0.39, 0.29) is 86.9 Å². The fraction of sp³-hybridized carbons (Fsp3) is 0.365. The summed E-state index contributed by atoms with van der Waals surface area (Å²) in [7, 11) is 0. The standard InChI is InChI=1S/C20H17FN4O.2C20H19FN4O.2C18H25N3O/c1-20(2)11-15(20)18(26)24-19-23-16-9-6-13(22-3)10-17(16)25(19)14-7-4-12(21)5-8-14;1-20(2,3)12-18(26)24-19-23-16-10-7-14(22-4)11-17(16)25(19)15-8-5-13(21)6-9-15;1-12(2)13(3)19(26)24-20-23-17-10-7-15(22-4)11-18(17)25(20)16-8-5-14(21)6-9-16;1-12-8-9-14-15(10-12)21(13-6-5-7-13)17(19-14)20-16(22)11-18(2,3)4;1-11(2)13(4)17(22)20-18-19-15-9-8-12(3)10-16(15)21(18)14-6-5-7-14/h4-10,15H,11H2,1-2H3,(H,23,24,26);5-11H,12H2,1-3H3,(H,23,24,26);5-13H,1-3H3,(H,23,24,26);8-10,13H,5-7,11H2,1-4H3,(H,19,20,22);8-11,13-14H,5-7H2,1-4H3,(H,19,20,22)/t;;13-;;13-/m..0.0/s1. The molecule has 23 nitrogen and oxygen atoms in total. The normalized spacial score (nSPS) is 14.7. The molecular weight excluding hydrogens is 1540 g/mol. The molecule has 3 saturated carbocycles. The van der Waals surface area contributed by atoms with Crippen LogP contribution >= 0.6 is 0 Å². The van der Waals surface area contributed by atoms with E-state index in [9.17, 15) is 37.1 Å². The molecule has 3 atom stereocenters. The maximum absolute atomic E-state index is 13.3. The fourth-order valence-electron chi connectivity index (χ4n) is 14.3. The van der Waals surface area contributed by atoms with E-state index in [1.54, 1.807) is 105 Å². The largest absolute Gasteiger partial charge is 0.307 e. The lowest BCUT2D eigenvalue weighted by Crippen LogP contribution is -2.27. The number of rotatable bonds is 17. The zero-order valence-corrected chi connectivity index (χ0v) is 72.0. The predicted molar refractivity (Wildman–Crippen MR) is 478 cm³/mol. The molecule has 0 saturated heterocycles. The lowest BCUT2D eigenvalue weighted by atomic mass is 9.92. The number of carbonyl (C=O) groups is 5. The Hall–Kier alpha value is -13.3. The fourth-order valence-corrected chi connectivity index (χ4v) is 14.3. The number of imidazole rings is 5. The van der Waals surface area contributed by atoms with Crippen molar-refractivity contribution >= 4 is 132 Å². The topological polar surface area (TPSA) is 248 Å². The Bertz CT molecular complexity index is 6050. The summed E-state index contributed by atoms with van der Waals surface area (Å²) >= 11 is 0. The van der Waals surface area contributed by atoms with Gasteiger partial charge in [0.05, 0.1) is 74.9 Å². The van der Waals surface area contributed by atoms with Crippen LogP contribution in [-0.4, -0.2) is 77.3 Å². The number of anilines is 5. The van der Waals surface area contributed by atoms with Gasteiger partial charge in [-0.15, -0.1) is 0 Å². The van der Waals surface area contributed by atoms with Crippen LogP contribution in [0.4, 0.5) is 60.0 Å². The van der Waals surface area contributed by atoms with E-state index in [1.807, 2.05) is 60.6 Å². The molecule has 13 aromatic rings. The highest BCUT2D eigenvalue weighted by atomic mass is 19.1. The van der Waals surface area contributed by atoms with Crippen LogP contribution in [0.3, 0.4) is 0 Å². The van der Waals surface area contributed by atoms with E-state index < -0.39 is 0 Å². The number of aromatic nitrogens is 10. The van der Waals surface area contributed by atoms with Crippen LogP contribution in [0.5, 0.6) is 0 Å². The molecule has 630 valence electrons. The van der Waals surface area contributed by atoms with Gasteiger partial charge in [0.1, 0.15) is 17.5 Å². The number of halogens is 3. The number of nitrogens with one attached hydrogen (secondary N) is 5. The van der Waals surface area contributed by atoms with Gasteiger partial charge in [0.2, 0.25) is 59.3 Å². The van der Waals surface area contributed by atoms with Crippen molar-refractivity contribution in [2.75, 3.05) is 26.6 Å². The number of aryl methyl sites for hydroxylation is 2. The molecule has 5 amide bonds. The molecule has 1 unspecified atom stereocenters. The minimum Gasteiger partial charge on any atom is -0.307 e. The van der Waals surface area contributed by atoms with Crippen molar-refractivity contribution in [2.45, 2.75) is 181 Å². The summed E-state index contributed by atoms with van der Waals surface area (Å²) in [6, 6.07) is 46.7. The zero-order valence-electron chi connectivity index (χ0n) is 72.0. The smallest absolute Gasteiger partial charge is 0.230 e. The third-order valence-corrected chi connectivity index (χ3v) is 22.4. The monoisotopic (exact) mass is 1650 g/mol. The molecule has 5 aromatic heterocycles. The van der Waals surface area contributed by atoms with E-state index in [1.165, 1.54) is 86.1 Å². The number of amides is 5. The van der Waals surface area contributed by atoms with Crippen molar-refractivity contribution < 1.29 is 37.1 Å². The highest BCUT2D eigenvalue weighted by molar-refractivity contribution is 5.99. The minimum atomic E-state index is -0.349. The summed E-state index contributed by atoms with van der Waals surface area (Å²) in [5.41, 5.74) is 13.9. The molecule has 0 aliphatic heterocycles. The van der Waals surface area contributed by atoms with Crippen LogP contribution in [0.15, 0.2) is 164 Å². The molecule has 0 bridgehead atoms. The second kappa shape index (κ2) is 36.7. The van der Waals surface area contributed by atoms with Crippen molar-refractivity contribution in [3.8, 4) is 17.1 Å². The van der Waals surface area contributed by atoms with Crippen LogP contribution < -0.4 is 26.6 Å². The van der Waals surface area contributed by atoms with Crippen molar-refractivity contribution in [2.24, 2.45) is 45.8 Å². The first-order chi connectivity index (χ1) is 57.9.